The van der Waals surface area contributed by atoms with Crippen molar-refractivity contribution in [1.29, 1.82) is 0 Å². The minimum absolute atomic E-state index is 0.141. The van der Waals surface area contributed by atoms with Crippen LogP contribution in [-0.2, 0) is 21.2 Å². The SMILES string of the molecule is O=C(Nc1cccc(N2CCCCS2(=O)=O)c1)C(Cc1ccccc1)n1cnnn1. The van der Waals surface area contributed by atoms with Crippen LogP contribution in [0.25, 0.3) is 0 Å². The highest BCUT2D eigenvalue weighted by atomic mass is 32.2. The maximum Gasteiger partial charge on any atom is 0.249 e. The maximum absolute atomic E-state index is 13.1. The zero-order chi connectivity index (χ0) is 21.0. The van der Waals surface area contributed by atoms with Gasteiger partial charge in [0.1, 0.15) is 12.4 Å². The number of nitrogens with zero attached hydrogens (tertiary/aromatic N) is 5. The molecule has 3 aromatic rings. The lowest BCUT2D eigenvalue weighted by Crippen LogP contribution is -2.37. The van der Waals surface area contributed by atoms with Crippen LogP contribution >= 0.6 is 0 Å². The summed E-state index contributed by atoms with van der Waals surface area (Å²) in [6.45, 7) is 0.445. The van der Waals surface area contributed by atoms with Crippen molar-refractivity contribution in [3.63, 3.8) is 0 Å². The topological polar surface area (TPSA) is 110 Å². The lowest BCUT2D eigenvalue weighted by Gasteiger charge is -2.28. The van der Waals surface area contributed by atoms with Crippen LogP contribution in [0.4, 0.5) is 11.4 Å². The average molecular weight is 427 g/mol. The van der Waals surface area contributed by atoms with Crippen molar-refractivity contribution < 1.29 is 13.2 Å². The molecule has 0 bridgehead atoms. The molecule has 0 aliphatic carbocycles. The summed E-state index contributed by atoms with van der Waals surface area (Å²) in [5.74, 6) is -0.146. The molecule has 30 heavy (non-hydrogen) atoms. The van der Waals surface area contributed by atoms with E-state index in [-0.39, 0.29) is 11.7 Å². The van der Waals surface area contributed by atoms with Crippen molar-refractivity contribution in [2.45, 2.75) is 25.3 Å². The van der Waals surface area contributed by atoms with Gasteiger partial charge in [-0.25, -0.2) is 13.1 Å². The predicted molar refractivity (Wildman–Crippen MR) is 112 cm³/mol. The molecule has 1 N–H and O–H groups in total. The minimum Gasteiger partial charge on any atom is -0.324 e. The molecule has 1 aromatic heterocycles. The van der Waals surface area contributed by atoms with Crippen molar-refractivity contribution >= 4 is 27.3 Å². The summed E-state index contributed by atoms with van der Waals surface area (Å²) < 4.78 is 27.6. The number of hydrogen-bond donors (Lipinski definition) is 1. The average Bonchev–Trinajstić information content (AvgIpc) is 3.27. The van der Waals surface area contributed by atoms with Gasteiger partial charge in [0, 0.05) is 18.7 Å². The molecular weight excluding hydrogens is 404 g/mol. The van der Waals surface area contributed by atoms with Gasteiger partial charge in [-0.1, -0.05) is 36.4 Å². The summed E-state index contributed by atoms with van der Waals surface area (Å²) in [6.07, 6.45) is 3.30. The van der Waals surface area contributed by atoms with Gasteiger partial charge in [0.05, 0.1) is 11.4 Å². The van der Waals surface area contributed by atoms with Crippen LogP contribution in [0.2, 0.25) is 0 Å². The minimum atomic E-state index is -3.32. The third-order valence-electron chi connectivity index (χ3n) is 5.01. The van der Waals surface area contributed by atoms with Crippen molar-refractivity contribution in [1.82, 2.24) is 20.2 Å². The molecule has 2 aromatic carbocycles. The second-order valence-corrected chi connectivity index (χ2v) is 9.14. The number of nitrogens with one attached hydrogen (secondary N) is 1. The van der Waals surface area contributed by atoms with Gasteiger partial charge >= 0.3 is 0 Å². The van der Waals surface area contributed by atoms with E-state index >= 15 is 0 Å². The summed E-state index contributed by atoms with van der Waals surface area (Å²) >= 11 is 0. The zero-order valence-electron chi connectivity index (χ0n) is 16.3. The van der Waals surface area contributed by atoms with Gasteiger partial charge in [-0.3, -0.25) is 9.10 Å². The molecule has 1 amide bonds. The number of carbonyl (C=O) groups is 1. The number of benzene rings is 2. The fraction of sp³-hybridized carbons (Fsp3) is 0.300. The summed E-state index contributed by atoms with van der Waals surface area (Å²) in [5.41, 5.74) is 2.04. The number of rotatable bonds is 6. The monoisotopic (exact) mass is 426 g/mol. The Hall–Kier alpha value is -3.27. The molecule has 2 heterocycles. The standard InChI is InChI=1S/C20H22N6O3S/c27-20(19(25-15-21-23-24-25)13-16-7-2-1-3-8-16)22-17-9-6-10-18(14-17)26-11-4-5-12-30(26,28)29/h1-3,6-10,14-15,19H,4-5,11-13H2,(H,22,27). The molecule has 4 rings (SSSR count). The van der Waals surface area contributed by atoms with Crippen LogP contribution in [-0.4, -0.2) is 46.8 Å². The Kier molecular flexibility index (Phi) is 5.75. The Morgan fingerprint density at radius 1 is 1.10 bits per heavy atom. The Balaban J connectivity index is 1.55. The van der Waals surface area contributed by atoms with Crippen LogP contribution in [0.3, 0.4) is 0 Å². The molecule has 0 spiro atoms. The Bertz CT molecular complexity index is 1100. The fourth-order valence-corrected chi connectivity index (χ4v) is 5.13. The molecule has 1 saturated heterocycles. The van der Waals surface area contributed by atoms with Crippen LogP contribution < -0.4 is 9.62 Å². The number of sulfonamides is 1. The van der Waals surface area contributed by atoms with Crippen LogP contribution in [0.15, 0.2) is 60.9 Å². The van der Waals surface area contributed by atoms with Crippen LogP contribution in [0.1, 0.15) is 24.4 Å². The number of carbonyl (C=O) groups excluding carboxylic acids is 1. The first kappa shape index (κ1) is 20.0. The molecule has 156 valence electrons. The maximum atomic E-state index is 13.1. The molecule has 1 unspecified atom stereocenters. The molecule has 0 radical (unpaired) electrons. The van der Waals surface area contributed by atoms with Gasteiger partial charge in [0.2, 0.25) is 15.9 Å². The Labute approximate surface area is 174 Å². The van der Waals surface area contributed by atoms with Gasteiger partial charge in [-0.15, -0.1) is 5.10 Å². The number of anilines is 2. The summed E-state index contributed by atoms with van der Waals surface area (Å²) in [4.78, 5) is 13.1. The molecule has 1 aliphatic heterocycles. The normalized spacial score (nSPS) is 16.7. The third-order valence-corrected chi connectivity index (χ3v) is 6.88. The highest BCUT2D eigenvalue weighted by molar-refractivity contribution is 7.92. The highest BCUT2D eigenvalue weighted by Crippen LogP contribution is 2.26. The molecule has 1 aliphatic rings. The van der Waals surface area contributed by atoms with Gasteiger partial charge in [-0.05, 0) is 47.0 Å². The van der Waals surface area contributed by atoms with E-state index in [9.17, 15) is 13.2 Å². The van der Waals surface area contributed by atoms with E-state index in [0.717, 1.165) is 12.0 Å². The fourth-order valence-electron chi connectivity index (χ4n) is 3.50. The van der Waals surface area contributed by atoms with E-state index < -0.39 is 16.1 Å². The number of aromatic nitrogens is 4. The number of amides is 1. The summed E-state index contributed by atoms with van der Waals surface area (Å²) in [5, 5.41) is 14.1. The van der Waals surface area contributed by atoms with Gasteiger partial charge in [0.25, 0.3) is 0 Å². The van der Waals surface area contributed by atoms with Gasteiger partial charge in [0.15, 0.2) is 0 Å². The predicted octanol–water partition coefficient (Wildman–Crippen LogP) is 2.03. The van der Waals surface area contributed by atoms with E-state index in [4.69, 9.17) is 0 Å². The van der Waals surface area contributed by atoms with E-state index in [1.807, 2.05) is 30.3 Å². The molecule has 1 fully saturated rings. The van der Waals surface area contributed by atoms with Crippen molar-refractivity contribution in [3.8, 4) is 0 Å². The third kappa shape index (κ3) is 4.48. The first-order valence-electron chi connectivity index (χ1n) is 9.71. The molecule has 9 nitrogen and oxygen atoms in total. The Morgan fingerprint density at radius 3 is 2.67 bits per heavy atom. The largest absolute Gasteiger partial charge is 0.324 e. The van der Waals surface area contributed by atoms with E-state index in [2.05, 4.69) is 20.8 Å². The van der Waals surface area contributed by atoms with Crippen molar-refractivity contribution in [2.24, 2.45) is 0 Å². The lowest BCUT2D eigenvalue weighted by atomic mass is 10.1. The Morgan fingerprint density at radius 2 is 1.93 bits per heavy atom. The zero-order valence-corrected chi connectivity index (χ0v) is 17.1. The molecule has 10 heteroatoms. The summed E-state index contributed by atoms with van der Waals surface area (Å²) in [7, 11) is -3.32. The first-order chi connectivity index (χ1) is 14.5. The second kappa shape index (κ2) is 8.62. The van der Waals surface area contributed by atoms with Crippen LogP contribution in [0.5, 0.6) is 0 Å². The lowest BCUT2D eigenvalue weighted by molar-refractivity contribution is -0.119. The number of hydrogen-bond acceptors (Lipinski definition) is 6. The van der Waals surface area contributed by atoms with Crippen molar-refractivity contribution in [3.05, 3.63) is 66.5 Å². The second-order valence-electron chi connectivity index (χ2n) is 7.13. The summed E-state index contributed by atoms with van der Waals surface area (Å²) in [6, 6.07) is 15.8. The molecule has 0 saturated carbocycles. The highest BCUT2D eigenvalue weighted by Gasteiger charge is 2.27. The number of tetrazole rings is 1. The van der Waals surface area contributed by atoms with Crippen LogP contribution in [0, 0.1) is 0 Å². The van der Waals surface area contributed by atoms with Crippen molar-refractivity contribution in [2.75, 3.05) is 21.9 Å². The first-order valence-corrected chi connectivity index (χ1v) is 11.3. The van der Waals surface area contributed by atoms with E-state index in [1.165, 1.54) is 15.3 Å². The van der Waals surface area contributed by atoms with E-state index in [1.54, 1.807) is 24.3 Å². The quantitative estimate of drug-likeness (QED) is 0.646. The molecule has 1 atom stereocenters. The smallest absolute Gasteiger partial charge is 0.249 e. The molecular formula is C20H22N6O3S. The van der Waals surface area contributed by atoms with Gasteiger partial charge < -0.3 is 5.32 Å². The van der Waals surface area contributed by atoms with Gasteiger partial charge in [-0.2, -0.15) is 0 Å². The van der Waals surface area contributed by atoms with E-state index in [0.29, 0.717) is 30.8 Å².